The van der Waals surface area contributed by atoms with Gasteiger partial charge in [-0.3, -0.25) is 4.79 Å². The first kappa shape index (κ1) is 15.1. The minimum Gasteiger partial charge on any atom is -0.455 e. The normalized spacial score (nSPS) is 10.9. The minimum absolute atomic E-state index is 0.175. The van der Waals surface area contributed by atoms with Gasteiger partial charge in [-0.2, -0.15) is 0 Å². The SMILES string of the molecule is CCN(CC)CCCNC(=O)c1ccc(CCl)o1. The van der Waals surface area contributed by atoms with Crippen LogP contribution in [0.5, 0.6) is 0 Å². The molecule has 0 aromatic carbocycles. The molecule has 102 valence electrons. The maximum atomic E-state index is 11.7. The summed E-state index contributed by atoms with van der Waals surface area (Å²) in [5, 5.41) is 2.84. The maximum Gasteiger partial charge on any atom is 0.286 e. The van der Waals surface area contributed by atoms with Gasteiger partial charge in [-0.1, -0.05) is 13.8 Å². The Labute approximate surface area is 113 Å². The van der Waals surface area contributed by atoms with Crippen LogP contribution in [0.1, 0.15) is 36.6 Å². The van der Waals surface area contributed by atoms with Crippen LogP contribution in [-0.4, -0.2) is 37.0 Å². The lowest BCUT2D eigenvalue weighted by Crippen LogP contribution is -2.29. The lowest BCUT2D eigenvalue weighted by molar-refractivity contribution is 0.0922. The average molecular weight is 273 g/mol. The van der Waals surface area contributed by atoms with E-state index in [4.69, 9.17) is 16.0 Å². The van der Waals surface area contributed by atoms with Crippen LogP contribution in [0.15, 0.2) is 16.5 Å². The number of furan rings is 1. The van der Waals surface area contributed by atoms with Gasteiger partial charge in [-0.15, -0.1) is 11.6 Å². The van der Waals surface area contributed by atoms with Gasteiger partial charge in [0.15, 0.2) is 5.76 Å². The zero-order valence-electron chi connectivity index (χ0n) is 11.0. The van der Waals surface area contributed by atoms with E-state index in [1.165, 1.54) is 0 Å². The molecular weight excluding hydrogens is 252 g/mol. The molecule has 0 bridgehead atoms. The van der Waals surface area contributed by atoms with Gasteiger partial charge in [0.2, 0.25) is 0 Å². The van der Waals surface area contributed by atoms with Crippen molar-refractivity contribution in [3.8, 4) is 0 Å². The number of alkyl halides is 1. The third-order valence-electron chi connectivity index (χ3n) is 2.85. The molecule has 0 radical (unpaired) electrons. The van der Waals surface area contributed by atoms with E-state index in [9.17, 15) is 4.79 Å². The summed E-state index contributed by atoms with van der Waals surface area (Å²) in [7, 11) is 0. The number of rotatable bonds is 8. The van der Waals surface area contributed by atoms with E-state index in [1.54, 1.807) is 12.1 Å². The third-order valence-corrected chi connectivity index (χ3v) is 3.11. The van der Waals surface area contributed by atoms with Crippen LogP contribution in [0.2, 0.25) is 0 Å². The number of amides is 1. The van der Waals surface area contributed by atoms with Crippen molar-refractivity contribution in [1.82, 2.24) is 10.2 Å². The van der Waals surface area contributed by atoms with Crippen LogP contribution in [0.3, 0.4) is 0 Å². The Hall–Kier alpha value is -1.00. The first-order valence-corrected chi connectivity index (χ1v) is 6.89. The summed E-state index contributed by atoms with van der Waals surface area (Å²) in [4.78, 5) is 14.0. The van der Waals surface area contributed by atoms with Gasteiger partial charge in [0.25, 0.3) is 5.91 Å². The van der Waals surface area contributed by atoms with Crippen molar-refractivity contribution < 1.29 is 9.21 Å². The van der Waals surface area contributed by atoms with Crippen molar-refractivity contribution in [2.24, 2.45) is 0 Å². The Morgan fingerprint density at radius 3 is 2.67 bits per heavy atom. The van der Waals surface area contributed by atoms with Gasteiger partial charge in [-0.05, 0) is 38.2 Å². The first-order valence-electron chi connectivity index (χ1n) is 6.36. The molecule has 1 amide bonds. The molecule has 1 aromatic rings. The lowest BCUT2D eigenvalue weighted by atomic mass is 10.3. The van der Waals surface area contributed by atoms with Gasteiger partial charge in [0.1, 0.15) is 5.76 Å². The summed E-state index contributed by atoms with van der Waals surface area (Å²) in [6.07, 6.45) is 0.941. The second-order valence-electron chi connectivity index (χ2n) is 4.04. The summed E-state index contributed by atoms with van der Waals surface area (Å²) in [5.41, 5.74) is 0. The molecule has 0 aliphatic rings. The maximum absolute atomic E-state index is 11.7. The van der Waals surface area contributed by atoms with Gasteiger partial charge < -0.3 is 14.6 Å². The number of hydrogen-bond donors (Lipinski definition) is 1. The number of carbonyl (C=O) groups excluding carboxylic acids is 1. The van der Waals surface area contributed by atoms with E-state index >= 15 is 0 Å². The van der Waals surface area contributed by atoms with Crippen molar-refractivity contribution in [1.29, 1.82) is 0 Å². The van der Waals surface area contributed by atoms with Crippen LogP contribution >= 0.6 is 11.6 Å². The molecule has 0 saturated heterocycles. The molecule has 0 aliphatic carbocycles. The summed E-state index contributed by atoms with van der Waals surface area (Å²) < 4.78 is 5.26. The molecule has 18 heavy (non-hydrogen) atoms. The van der Waals surface area contributed by atoms with Gasteiger partial charge in [0.05, 0.1) is 5.88 Å². The van der Waals surface area contributed by atoms with E-state index < -0.39 is 0 Å². The zero-order chi connectivity index (χ0) is 13.4. The average Bonchev–Trinajstić information content (AvgIpc) is 2.87. The highest BCUT2D eigenvalue weighted by molar-refractivity contribution is 6.16. The molecule has 1 N–H and O–H groups in total. The predicted molar refractivity (Wildman–Crippen MR) is 73.0 cm³/mol. The number of nitrogens with zero attached hydrogens (tertiary/aromatic N) is 1. The number of halogens is 1. The molecule has 4 nitrogen and oxygen atoms in total. The van der Waals surface area contributed by atoms with E-state index in [-0.39, 0.29) is 11.8 Å². The Bertz CT molecular complexity index is 362. The van der Waals surface area contributed by atoms with Crippen LogP contribution in [0, 0.1) is 0 Å². The fourth-order valence-corrected chi connectivity index (χ4v) is 1.85. The Balaban J connectivity index is 2.25. The lowest BCUT2D eigenvalue weighted by Gasteiger charge is -2.17. The van der Waals surface area contributed by atoms with Crippen LogP contribution in [-0.2, 0) is 5.88 Å². The van der Waals surface area contributed by atoms with Gasteiger partial charge >= 0.3 is 0 Å². The standard InChI is InChI=1S/C13H21ClN2O2/c1-3-16(4-2)9-5-8-15-13(17)12-7-6-11(10-14)18-12/h6-7H,3-5,8-10H2,1-2H3,(H,15,17). The Kier molecular flexibility index (Phi) is 6.83. The summed E-state index contributed by atoms with van der Waals surface area (Å²) in [6.45, 7) is 8.02. The Morgan fingerprint density at radius 1 is 1.39 bits per heavy atom. The molecule has 0 aliphatic heterocycles. The summed E-state index contributed by atoms with van der Waals surface area (Å²) in [5.74, 6) is 1.05. The second-order valence-corrected chi connectivity index (χ2v) is 4.30. The number of carbonyl (C=O) groups is 1. The molecule has 1 aromatic heterocycles. The van der Waals surface area contributed by atoms with E-state index in [1.807, 2.05) is 0 Å². The number of hydrogen-bond acceptors (Lipinski definition) is 3. The van der Waals surface area contributed by atoms with Crippen LogP contribution < -0.4 is 5.32 Å². The molecule has 1 rings (SSSR count). The van der Waals surface area contributed by atoms with Gasteiger partial charge in [0, 0.05) is 6.54 Å². The van der Waals surface area contributed by atoms with Crippen molar-refractivity contribution in [3.63, 3.8) is 0 Å². The highest BCUT2D eigenvalue weighted by atomic mass is 35.5. The highest BCUT2D eigenvalue weighted by Crippen LogP contribution is 2.09. The monoisotopic (exact) mass is 272 g/mol. The fraction of sp³-hybridized carbons (Fsp3) is 0.615. The first-order chi connectivity index (χ1) is 8.71. The molecule has 0 spiro atoms. The van der Waals surface area contributed by atoms with Gasteiger partial charge in [-0.25, -0.2) is 0 Å². The van der Waals surface area contributed by atoms with Crippen molar-refractivity contribution in [3.05, 3.63) is 23.7 Å². The predicted octanol–water partition coefficient (Wildman–Crippen LogP) is 2.48. The molecule has 0 saturated carbocycles. The van der Waals surface area contributed by atoms with Crippen molar-refractivity contribution in [2.45, 2.75) is 26.1 Å². The largest absolute Gasteiger partial charge is 0.455 e. The van der Waals surface area contributed by atoms with Crippen LogP contribution in [0.4, 0.5) is 0 Å². The van der Waals surface area contributed by atoms with E-state index in [2.05, 4.69) is 24.1 Å². The van der Waals surface area contributed by atoms with Crippen molar-refractivity contribution >= 4 is 17.5 Å². The summed E-state index contributed by atoms with van der Waals surface area (Å²) >= 11 is 5.61. The smallest absolute Gasteiger partial charge is 0.286 e. The van der Waals surface area contributed by atoms with Crippen LogP contribution in [0.25, 0.3) is 0 Å². The summed E-state index contributed by atoms with van der Waals surface area (Å²) in [6, 6.07) is 3.37. The molecule has 0 atom stereocenters. The highest BCUT2D eigenvalue weighted by Gasteiger charge is 2.10. The molecular formula is C13H21ClN2O2. The van der Waals surface area contributed by atoms with E-state index in [0.717, 1.165) is 26.1 Å². The third kappa shape index (κ3) is 4.70. The quantitative estimate of drug-likeness (QED) is 0.584. The second kappa shape index (κ2) is 8.16. The molecule has 0 unspecified atom stereocenters. The molecule has 0 fully saturated rings. The fourth-order valence-electron chi connectivity index (χ4n) is 1.70. The molecule has 1 heterocycles. The Morgan fingerprint density at radius 2 is 2.11 bits per heavy atom. The van der Waals surface area contributed by atoms with E-state index in [0.29, 0.717) is 18.1 Å². The van der Waals surface area contributed by atoms with Crippen molar-refractivity contribution in [2.75, 3.05) is 26.2 Å². The minimum atomic E-state index is -0.175. The zero-order valence-corrected chi connectivity index (χ0v) is 11.8. The topological polar surface area (TPSA) is 45.5 Å². The molecule has 5 heteroatoms. The number of nitrogens with one attached hydrogen (secondary N) is 1.